The summed E-state index contributed by atoms with van der Waals surface area (Å²) >= 11 is 0. The third kappa shape index (κ3) is 2.09. The molecule has 0 aromatic heterocycles. The summed E-state index contributed by atoms with van der Waals surface area (Å²) in [5.41, 5.74) is 0.908. The van der Waals surface area contributed by atoms with Gasteiger partial charge in [0.1, 0.15) is 5.82 Å². The van der Waals surface area contributed by atoms with Gasteiger partial charge in [0.05, 0.1) is 12.7 Å². The van der Waals surface area contributed by atoms with Gasteiger partial charge in [-0.1, -0.05) is 12.1 Å². The second-order valence-corrected chi connectivity index (χ2v) is 6.43. The van der Waals surface area contributed by atoms with Crippen LogP contribution in [0, 0.1) is 16.6 Å². The van der Waals surface area contributed by atoms with Gasteiger partial charge < -0.3 is 9.84 Å². The smallest absolute Gasteiger partial charge is 0.123 e. The summed E-state index contributed by atoms with van der Waals surface area (Å²) in [6.45, 7) is 0.782. The van der Waals surface area contributed by atoms with Gasteiger partial charge >= 0.3 is 0 Å². The van der Waals surface area contributed by atoms with E-state index in [0.29, 0.717) is 0 Å². The molecular weight excluding hydrogens is 243 g/mol. The minimum Gasteiger partial charge on any atom is -0.388 e. The second kappa shape index (κ2) is 4.57. The Morgan fingerprint density at radius 2 is 2.05 bits per heavy atom. The quantitative estimate of drug-likeness (QED) is 0.902. The first kappa shape index (κ1) is 13.1. The highest BCUT2D eigenvalue weighted by atomic mass is 19.1. The molecule has 0 saturated heterocycles. The molecule has 2 aliphatic rings. The van der Waals surface area contributed by atoms with Gasteiger partial charge in [0.2, 0.25) is 0 Å². The lowest BCUT2D eigenvalue weighted by atomic mass is 9.76. The highest BCUT2D eigenvalue weighted by Gasteiger charge is 2.57. The Morgan fingerprint density at radius 3 is 2.68 bits per heavy atom. The largest absolute Gasteiger partial charge is 0.388 e. The Labute approximate surface area is 113 Å². The van der Waals surface area contributed by atoms with Gasteiger partial charge in [-0.15, -0.1) is 0 Å². The first-order valence-corrected chi connectivity index (χ1v) is 7.02. The summed E-state index contributed by atoms with van der Waals surface area (Å²) in [5.74, 6) is -0.271. The van der Waals surface area contributed by atoms with E-state index in [1.165, 1.54) is 12.1 Å². The molecule has 0 unspecified atom stereocenters. The van der Waals surface area contributed by atoms with Gasteiger partial charge in [0.25, 0.3) is 0 Å². The van der Waals surface area contributed by atoms with Crippen molar-refractivity contribution in [3.63, 3.8) is 0 Å². The number of fused-ring (bicyclic) bond motifs is 2. The van der Waals surface area contributed by atoms with Crippen molar-refractivity contribution in [2.75, 3.05) is 13.7 Å². The van der Waals surface area contributed by atoms with Crippen molar-refractivity contribution in [3.8, 4) is 0 Å². The average Bonchev–Trinajstić information content (AvgIpc) is 2.95. The van der Waals surface area contributed by atoms with E-state index in [0.717, 1.165) is 44.3 Å². The number of hydrogen-bond acceptors (Lipinski definition) is 2. The van der Waals surface area contributed by atoms with Crippen LogP contribution in [0.4, 0.5) is 4.39 Å². The topological polar surface area (TPSA) is 29.5 Å². The zero-order valence-electron chi connectivity index (χ0n) is 11.4. The van der Waals surface area contributed by atoms with Crippen molar-refractivity contribution < 1.29 is 14.2 Å². The fourth-order valence-corrected chi connectivity index (χ4v) is 4.28. The van der Waals surface area contributed by atoms with Crippen LogP contribution in [0.5, 0.6) is 0 Å². The monoisotopic (exact) mass is 264 g/mol. The molecule has 3 rings (SSSR count). The van der Waals surface area contributed by atoms with Crippen molar-refractivity contribution >= 4 is 0 Å². The summed E-state index contributed by atoms with van der Waals surface area (Å²) < 4.78 is 18.7. The van der Waals surface area contributed by atoms with Gasteiger partial charge in [0.15, 0.2) is 0 Å². The lowest BCUT2D eigenvalue weighted by molar-refractivity contribution is 0.0294. The highest BCUT2D eigenvalue weighted by molar-refractivity contribution is 5.23. The second-order valence-electron chi connectivity index (χ2n) is 6.43. The van der Waals surface area contributed by atoms with Crippen LogP contribution in [0.1, 0.15) is 43.8 Å². The van der Waals surface area contributed by atoms with E-state index in [1.807, 2.05) is 6.07 Å². The first-order chi connectivity index (χ1) is 9.09. The molecule has 2 bridgehead atoms. The molecule has 104 valence electrons. The number of benzene rings is 1. The first-order valence-electron chi connectivity index (χ1n) is 7.02. The van der Waals surface area contributed by atoms with Crippen LogP contribution in [-0.4, -0.2) is 18.8 Å². The molecule has 0 aliphatic heterocycles. The molecule has 0 heterocycles. The van der Waals surface area contributed by atoms with Gasteiger partial charge in [0, 0.05) is 12.5 Å². The number of ether oxygens (including phenoxy) is 1. The van der Waals surface area contributed by atoms with E-state index in [9.17, 15) is 9.50 Å². The SMILES string of the molecule is COCC12CCC([C@H](O)c3cccc(F)c3)(CC1)C2. The number of rotatable bonds is 4. The van der Waals surface area contributed by atoms with E-state index < -0.39 is 6.10 Å². The van der Waals surface area contributed by atoms with Gasteiger partial charge in [-0.2, -0.15) is 0 Å². The molecule has 0 radical (unpaired) electrons. The normalized spacial score (nSPS) is 34.7. The zero-order valence-corrected chi connectivity index (χ0v) is 11.4. The average molecular weight is 264 g/mol. The van der Waals surface area contributed by atoms with Crippen molar-refractivity contribution in [3.05, 3.63) is 35.6 Å². The molecule has 2 nitrogen and oxygen atoms in total. The van der Waals surface area contributed by atoms with Crippen molar-refractivity contribution in [2.24, 2.45) is 10.8 Å². The molecule has 1 N–H and O–H groups in total. The number of methoxy groups -OCH3 is 1. The Balaban J connectivity index is 1.84. The molecule has 2 fully saturated rings. The van der Waals surface area contributed by atoms with Crippen LogP contribution < -0.4 is 0 Å². The number of aliphatic hydroxyl groups is 1. The lowest BCUT2D eigenvalue weighted by Crippen LogP contribution is -2.24. The standard InChI is InChI=1S/C16H21FO2/c1-19-11-15-5-7-16(10-15,8-6-15)14(18)12-3-2-4-13(17)9-12/h2-4,9,14,18H,5-8,10-11H2,1H3/t14-,15?,16?/m1/s1. The fourth-order valence-electron chi connectivity index (χ4n) is 4.28. The third-order valence-corrected chi connectivity index (χ3v) is 5.23. The van der Waals surface area contributed by atoms with Crippen molar-refractivity contribution in [1.29, 1.82) is 0 Å². The fraction of sp³-hybridized carbons (Fsp3) is 0.625. The maximum absolute atomic E-state index is 13.3. The molecular formula is C16H21FO2. The van der Waals surface area contributed by atoms with Crippen LogP contribution in [0.3, 0.4) is 0 Å². The minimum absolute atomic E-state index is 0.0632. The van der Waals surface area contributed by atoms with Crippen LogP contribution >= 0.6 is 0 Å². The maximum Gasteiger partial charge on any atom is 0.123 e. The van der Waals surface area contributed by atoms with Gasteiger partial charge in [-0.25, -0.2) is 4.39 Å². The molecule has 3 heteroatoms. The summed E-state index contributed by atoms with van der Waals surface area (Å²) in [5, 5.41) is 10.7. The molecule has 19 heavy (non-hydrogen) atoms. The van der Waals surface area contributed by atoms with Crippen LogP contribution in [0.25, 0.3) is 0 Å². The molecule has 1 aromatic rings. The minimum atomic E-state index is -0.551. The predicted octanol–water partition coefficient (Wildman–Crippen LogP) is 3.46. The summed E-state index contributed by atoms with van der Waals surface area (Å²) in [7, 11) is 1.75. The lowest BCUT2D eigenvalue weighted by Gasteiger charge is -2.32. The van der Waals surface area contributed by atoms with E-state index >= 15 is 0 Å². The molecule has 1 aromatic carbocycles. The van der Waals surface area contributed by atoms with Crippen LogP contribution in [0.15, 0.2) is 24.3 Å². The molecule has 2 aliphatic carbocycles. The number of halogens is 1. The van der Waals surface area contributed by atoms with E-state index in [4.69, 9.17) is 4.74 Å². The highest BCUT2D eigenvalue weighted by Crippen LogP contribution is 2.65. The van der Waals surface area contributed by atoms with E-state index in [2.05, 4.69) is 0 Å². The molecule has 0 amide bonds. The molecule has 1 atom stereocenters. The Morgan fingerprint density at radius 1 is 1.32 bits per heavy atom. The van der Waals surface area contributed by atoms with Crippen LogP contribution in [0.2, 0.25) is 0 Å². The number of hydrogen-bond donors (Lipinski definition) is 1. The third-order valence-electron chi connectivity index (χ3n) is 5.23. The van der Waals surface area contributed by atoms with Crippen molar-refractivity contribution in [2.45, 2.75) is 38.2 Å². The van der Waals surface area contributed by atoms with Gasteiger partial charge in [-0.3, -0.25) is 0 Å². The van der Waals surface area contributed by atoms with Gasteiger partial charge in [-0.05, 0) is 55.2 Å². The predicted molar refractivity (Wildman–Crippen MR) is 71.2 cm³/mol. The number of aliphatic hydroxyl groups excluding tert-OH is 1. The Kier molecular flexibility index (Phi) is 3.14. The summed E-state index contributed by atoms with van der Waals surface area (Å²) in [4.78, 5) is 0. The maximum atomic E-state index is 13.3. The Hall–Kier alpha value is -0.930. The zero-order chi connectivity index (χ0) is 13.5. The summed E-state index contributed by atoms with van der Waals surface area (Å²) in [6, 6.07) is 6.40. The summed E-state index contributed by atoms with van der Waals surface area (Å²) in [6.07, 6.45) is 4.73. The van der Waals surface area contributed by atoms with E-state index in [1.54, 1.807) is 13.2 Å². The molecule has 2 saturated carbocycles. The molecule has 0 spiro atoms. The van der Waals surface area contributed by atoms with Crippen molar-refractivity contribution in [1.82, 2.24) is 0 Å². The van der Waals surface area contributed by atoms with E-state index in [-0.39, 0.29) is 16.6 Å². The van der Waals surface area contributed by atoms with Crippen LogP contribution in [-0.2, 0) is 4.74 Å². The Bertz CT molecular complexity index is 464.